The van der Waals surface area contributed by atoms with Gasteiger partial charge in [0.1, 0.15) is 0 Å². The van der Waals surface area contributed by atoms with E-state index in [2.05, 4.69) is 62.3 Å². The average molecular weight is 343 g/mol. The van der Waals surface area contributed by atoms with Gasteiger partial charge in [0.25, 0.3) is 0 Å². The summed E-state index contributed by atoms with van der Waals surface area (Å²) in [6.07, 6.45) is 10.4. The SMILES string of the molecule is CCCCCC(CCC)CCC(C)(COC(C)(C)C)OC(C)(C)C. The Morgan fingerprint density at radius 3 is 1.79 bits per heavy atom. The zero-order valence-corrected chi connectivity index (χ0v) is 18.3. The lowest BCUT2D eigenvalue weighted by Crippen LogP contribution is -2.43. The number of ether oxygens (including phenoxy) is 2. The van der Waals surface area contributed by atoms with Crippen LogP contribution in [0.4, 0.5) is 0 Å². The van der Waals surface area contributed by atoms with Crippen LogP contribution >= 0.6 is 0 Å². The molecule has 24 heavy (non-hydrogen) atoms. The van der Waals surface area contributed by atoms with E-state index in [1.54, 1.807) is 0 Å². The van der Waals surface area contributed by atoms with E-state index in [-0.39, 0.29) is 16.8 Å². The van der Waals surface area contributed by atoms with E-state index in [1.165, 1.54) is 44.9 Å². The van der Waals surface area contributed by atoms with Gasteiger partial charge in [-0.25, -0.2) is 0 Å². The molecule has 0 aromatic rings. The Bertz CT molecular complexity index is 311. The quantitative estimate of drug-likeness (QED) is 0.350. The second kappa shape index (κ2) is 10.8. The van der Waals surface area contributed by atoms with Crippen LogP contribution in [0.1, 0.15) is 114 Å². The third-order valence-corrected chi connectivity index (χ3v) is 4.36. The molecule has 2 unspecified atom stereocenters. The predicted molar refractivity (Wildman–Crippen MR) is 107 cm³/mol. The van der Waals surface area contributed by atoms with Crippen molar-refractivity contribution in [2.75, 3.05) is 6.61 Å². The lowest BCUT2D eigenvalue weighted by Gasteiger charge is -2.39. The van der Waals surface area contributed by atoms with Gasteiger partial charge in [0.15, 0.2) is 0 Å². The van der Waals surface area contributed by atoms with Gasteiger partial charge in [0.05, 0.1) is 23.4 Å². The highest BCUT2D eigenvalue weighted by Gasteiger charge is 2.33. The van der Waals surface area contributed by atoms with E-state index in [0.29, 0.717) is 6.61 Å². The van der Waals surface area contributed by atoms with Crippen LogP contribution in [0, 0.1) is 5.92 Å². The standard InChI is InChI=1S/C22H46O2/c1-10-12-13-15-19(14-11-2)16-17-22(9,24-21(6,7)8)18-23-20(3,4)5/h19H,10-18H2,1-9H3. The molecule has 0 heterocycles. The molecule has 0 fully saturated rings. The fraction of sp³-hybridized carbons (Fsp3) is 1.00. The molecule has 0 aromatic heterocycles. The zero-order valence-electron chi connectivity index (χ0n) is 18.3. The van der Waals surface area contributed by atoms with Crippen molar-refractivity contribution in [1.82, 2.24) is 0 Å². The summed E-state index contributed by atoms with van der Waals surface area (Å²) in [6, 6.07) is 0. The third kappa shape index (κ3) is 13.2. The van der Waals surface area contributed by atoms with Gasteiger partial charge in [0.2, 0.25) is 0 Å². The Balaban J connectivity index is 4.75. The Labute approximate surface area is 153 Å². The van der Waals surface area contributed by atoms with Crippen molar-refractivity contribution in [3.63, 3.8) is 0 Å². The van der Waals surface area contributed by atoms with Gasteiger partial charge in [0, 0.05) is 0 Å². The van der Waals surface area contributed by atoms with Crippen molar-refractivity contribution in [1.29, 1.82) is 0 Å². The fourth-order valence-corrected chi connectivity index (χ4v) is 3.29. The van der Waals surface area contributed by atoms with Crippen LogP contribution in [0.3, 0.4) is 0 Å². The molecule has 0 bridgehead atoms. The molecule has 0 aliphatic heterocycles. The maximum absolute atomic E-state index is 6.45. The van der Waals surface area contributed by atoms with Crippen LogP contribution in [0.25, 0.3) is 0 Å². The van der Waals surface area contributed by atoms with Crippen molar-refractivity contribution in [2.45, 2.75) is 130 Å². The summed E-state index contributed by atoms with van der Waals surface area (Å²) in [5.74, 6) is 0.832. The number of hydrogen-bond donors (Lipinski definition) is 0. The molecule has 0 radical (unpaired) electrons. The van der Waals surface area contributed by atoms with Crippen LogP contribution in [-0.4, -0.2) is 23.4 Å². The summed E-state index contributed by atoms with van der Waals surface area (Å²) in [5.41, 5.74) is -0.465. The Morgan fingerprint density at radius 2 is 1.33 bits per heavy atom. The zero-order chi connectivity index (χ0) is 18.9. The summed E-state index contributed by atoms with van der Waals surface area (Å²) in [5, 5.41) is 0. The van der Waals surface area contributed by atoms with E-state index < -0.39 is 0 Å². The number of rotatable bonds is 12. The van der Waals surface area contributed by atoms with Gasteiger partial charge >= 0.3 is 0 Å². The van der Waals surface area contributed by atoms with Crippen LogP contribution in [0.5, 0.6) is 0 Å². The lowest BCUT2D eigenvalue weighted by molar-refractivity contribution is -0.177. The minimum atomic E-state index is -0.206. The Morgan fingerprint density at radius 1 is 0.708 bits per heavy atom. The number of hydrogen-bond acceptors (Lipinski definition) is 2. The smallest absolute Gasteiger partial charge is 0.0894 e. The molecule has 2 nitrogen and oxygen atoms in total. The Kier molecular flexibility index (Phi) is 10.8. The third-order valence-electron chi connectivity index (χ3n) is 4.36. The molecule has 0 N–H and O–H groups in total. The monoisotopic (exact) mass is 342 g/mol. The molecule has 0 aliphatic rings. The molecular formula is C22H46O2. The molecule has 0 spiro atoms. The minimum absolute atomic E-state index is 0.119. The summed E-state index contributed by atoms with van der Waals surface area (Å²) in [7, 11) is 0. The highest BCUT2D eigenvalue weighted by atomic mass is 16.6. The molecule has 0 rings (SSSR count). The summed E-state index contributed by atoms with van der Waals surface area (Å²) < 4.78 is 12.6. The molecule has 2 atom stereocenters. The first-order valence-corrected chi connectivity index (χ1v) is 10.2. The van der Waals surface area contributed by atoms with Gasteiger partial charge in [-0.2, -0.15) is 0 Å². The van der Waals surface area contributed by atoms with Crippen molar-refractivity contribution in [3.05, 3.63) is 0 Å². The van der Waals surface area contributed by atoms with Gasteiger partial charge in [-0.3, -0.25) is 0 Å². The van der Waals surface area contributed by atoms with E-state index in [9.17, 15) is 0 Å². The summed E-state index contributed by atoms with van der Waals surface area (Å²) in [4.78, 5) is 0. The maximum Gasteiger partial charge on any atom is 0.0894 e. The predicted octanol–water partition coefficient (Wildman–Crippen LogP) is 7.15. The molecule has 0 saturated heterocycles. The summed E-state index contributed by atoms with van der Waals surface area (Å²) in [6.45, 7) is 20.3. The van der Waals surface area contributed by atoms with Crippen molar-refractivity contribution < 1.29 is 9.47 Å². The van der Waals surface area contributed by atoms with E-state index >= 15 is 0 Å². The van der Waals surface area contributed by atoms with Crippen LogP contribution < -0.4 is 0 Å². The van der Waals surface area contributed by atoms with Crippen LogP contribution in [0.2, 0.25) is 0 Å². The fourth-order valence-electron chi connectivity index (χ4n) is 3.29. The average Bonchev–Trinajstić information content (AvgIpc) is 2.40. The number of unbranched alkanes of at least 4 members (excludes halogenated alkanes) is 2. The van der Waals surface area contributed by atoms with Crippen molar-refractivity contribution in [3.8, 4) is 0 Å². The summed E-state index contributed by atoms with van der Waals surface area (Å²) >= 11 is 0. The molecule has 0 saturated carbocycles. The van der Waals surface area contributed by atoms with Gasteiger partial charge in [-0.1, -0.05) is 52.4 Å². The normalized spacial score (nSPS) is 16.9. The topological polar surface area (TPSA) is 18.5 Å². The van der Waals surface area contributed by atoms with Crippen molar-refractivity contribution in [2.24, 2.45) is 5.92 Å². The minimum Gasteiger partial charge on any atom is -0.373 e. The van der Waals surface area contributed by atoms with Crippen molar-refractivity contribution >= 4 is 0 Å². The largest absolute Gasteiger partial charge is 0.373 e. The molecule has 2 heteroatoms. The molecular weight excluding hydrogens is 296 g/mol. The van der Waals surface area contributed by atoms with Gasteiger partial charge in [-0.15, -0.1) is 0 Å². The highest BCUT2D eigenvalue weighted by molar-refractivity contribution is 4.82. The van der Waals surface area contributed by atoms with Gasteiger partial charge in [-0.05, 0) is 67.2 Å². The first kappa shape index (κ1) is 23.9. The highest BCUT2D eigenvalue weighted by Crippen LogP contribution is 2.31. The van der Waals surface area contributed by atoms with E-state index in [1.807, 2.05) is 0 Å². The van der Waals surface area contributed by atoms with Crippen LogP contribution in [0.15, 0.2) is 0 Å². The maximum atomic E-state index is 6.45. The first-order chi connectivity index (χ1) is 10.9. The second-order valence-corrected chi connectivity index (χ2v) is 9.75. The Hall–Kier alpha value is -0.0800. The molecule has 146 valence electrons. The van der Waals surface area contributed by atoms with E-state index in [0.717, 1.165) is 12.3 Å². The molecule has 0 aromatic carbocycles. The molecule has 0 amide bonds. The second-order valence-electron chi connectivity index (χ2n) is 9.75. The van der Waals surface area contributed by atoms with E-state index in [4.69, 9.17) is 9.47 Å². The van der Waals surface area contributed by atoms with Crippen LogP contribution in [-0.2, 0) is 9.47 Å². The molecule has 0 aliphatic carbocycles. The first-order valence-electron chi connectivity index (χ1n) is 10.2. The lowest BCUT2D eigenvalue weighted by atomic mass is 9.87. The van der Waals surface area contributed by atoms with Gasteiger partial charge < -0.3 is 9.47 Å².